The van der Waals surface area contributed by atoms with Gasteiger partial charge in [-0.1, -0.05) is 0 Å². The van der Waals surface area contributed by atoms with Gasteiger partial charge >= 0.3 is 0 Å². The van der Waals surface area contributed by atoms with Gasteiger partial charge in [-0.25, -0.2) is 0 Å². The van der Waals surface area contributed by atoms with Gasteiger partial charge < -0.3 is 5.32 Å². The first-order valence-electron chi connectivity index (χ1n) is 2.63. The first-order chi connectivity index (χ1) is 4.25. The molecule has 1 radical (unpaired) electrons. The molecule has 9 heavy (non-hydrogen) atoms. The number of amides is 1. The van der Waals surface area contributed by atoms with Crippen molar-refractivity contribution in [1.29, 1.82) is 0 Å². The highest BCUT2D eigenvalue weighted by molar-refractivity contribution is 8.41. The molecule has 1 saturated heterocycles. The zero-order valence-electron chi connectivity index (χ0n) is 4.89. The standard InChI is InChI=1S/C5H8NO2S/c1-2-9-4(7)3-6-5(9)8/h9H,1-3H2,(H,6,8). The predicted molar refractivity (Wildman–Crippen MR) is 37.6 cm³/mol. The number of thiol groups is 1. The zero-order chi connectivity index (χ0) is 6.85. The predicted octanol–water partition coefficient (Wildman–Crippen LogP) is 0.0715. The quantitative estimate of drug-likeness (QED) is 0.514. The molecule has 0 saturated carbocycles. The molecule has 1 fully saturated rings. The molecule has 0 aliphatic carbocycles. The maximum absolute atomic E-state index is 10.7. The molecule has 3 nitrogen and oxygen atoms in total. The average Bonchev–Trinajstić information content (AvgIpc) is 2.12. The maximum Gasteiger partial charge on any atom is 0.266 e. The molecule has 1 rings (SSSR count). The Morgan fingerprint density at radius 1 is 1.67 bits per heavy atom. The fraction of sp³-hybridized carbons (Fsp3) is 0.400. The minimum absolute atomic E-state index is 0.0324. The highest BCUT2D eigenvalue weighted by Gasteiger charge is 2.26. The average molecular weight is 146 g/mol. The Morgan fingerprint density at radius 3 is 2.56 bits per heavy atom. The van der Waals surface area contributed by atoms with Crippen molar-refractivity contribution in [1.82, 2.24) is 5.32 Å². The SMILES string of the molecule is [CH2]C[SH]1C(=O)CNC1=O. The molecule has 4 heteroatoms. The number of carbonyl (C=O) groups excluding carboxylic acids is 2. The van der Waals surface area contributed by atoms with Crippen LogP contribution in [-0.2, 0) is 4.79 Å². The highest BCUT2D eigenvalue weighted by Crippen LogP contribution is 2.29. The molecule has 0 aromatic rings. The summed E-state index contributed by atoms with van der Waals surface area (Å²) in [5.41, 5.74) is 0. The van der Waals surface area contributed by atoms with Gasteiger partial charge in [-0.2, -0.15) is 0 Å². The van der Waals surface area contributed by atoms with Gasteiger partial charge in [-0.05, 0) is 12.7 Å². The molecule has 1 aliphatic rings. The van der Waals surface area contributed by atoms with Crippen LogP contribution in [0.25, 0.3) is 0 Å². The monoisotopic (exact) mass is 146 g/mol. The first kappa shape index (κ1) is 6.61. The molecule has 1 amide bonds. The summed E-state index contributed by atoms with van der Waals surface area (Å²) in [6.45, 7) is 3.74. The van der Waals surface area contributed by atoms with E-state index in [1.807, 2.05) is 0 Å². The Balaban J connectivity index is 2.66. The first-order valence-corrected chi connectivity index (χ1v) is 4.16. The second-order valence-corrected chi connectivity index (χ2v) is 3.91. The van der Waals surface area contributed by atoms with E-state index in [9.17, 15) is 9.59 Å². The number of hydrogen-bond donors (Lipinski definition) is 2. The molecule has 1 heterocycles. The van der Waals surface area contributed by atoms with Crippen LogP contribution in [0.5, 0.6) is 0 Å². The molecule has 1 aliphatic heterocycles. The molecule has 0 aromatic heterocycles. The summed E-state index contributed by atoms with van der Waals surface area (Å²) in [5, 5.41) is 2.40. The van der Waals surface area contributed by atoms with Crippen LogP contribution in [0.4, 0.5) is 4.79 Å². The second kappa shape index (κ2) is 2.39. The Kier molecular flexibility index (Phi) is 1.75. The highest BCUT2D eigenvalue weighted by atomic mass is 32.2. The van der Waals surface area contributed by atoms with Gasteiger partial charge in [0.1, 0.15) is 0 Å². The topological polar surface area (TPSA) is 46.2 Å². The molecular weight excluding hydrogens is 138 g/mol. The fourth-order valence-corrected chi connectivity index (χ4v) is 1.90. The molecule has 0 bridgehead atoms. The van der Waals surface area contributed by atoms with Crippen molar-refractivity contribution in [2.75, 3.05) is 12.3 Å². The largest absolute Gasteiger partial charge is 0.340 e. The van der Waals surface area contributed by atoms with E-state index in [2.05, 4.69) is 12.2 Å². The lowest BCUT2D eigenvalue weighted by Crippen LogP contribution is -2.12. The van der Waals surface area contributed by atoms with Crippen molar-refractivity contribution in [3.63, 3.8) is 0 Å². The molecular formula is C5H8NO2S. The van der Waals surface area contributed by atoms with Crippen LogP contribution >= 0.6 is 10.9 Å². The van der Waals surface area contributed by atoms with Gasteiger partial charge in [0.15, 0.2) is 5.12 Å². The summed E-state index contributed by atoms with van der Waals surface area (Å²) in [4.78, 5) is 21.4. The van der Waals surface area contributed by atoms with Gasteiger partial charge in [0, 0.05) is 0 Å². The lowest BCUT2D eigenvalue weighted by Gasteiger charge is -2.02. The second-order valence-electron chi connectivity index (χ2n) is 1.70. The van der Waals surface area contributed by atoms with Gasteiger partial charge in [0.05, 0.1) is 6.54 Å². The zero-order valence-corrected chi connectivity index (χ0v) is 5.78. The summed E-state index contributed by atoms with van der Waals surface area (Å²) in [6.07, 6.45) is 0. The van der Waals surface area contributed by atoms with E-state index in [0.29, 0.717) is 5.75 Å². The number of carbonyl (C=O) groups is 2. The lowest BCUT2D eigenvalue weighted by atomic mass is 10.7. The van der Waals surface area contributed by atoms with Crippen LogP contribution in [0, 0.1) is 6.92 Å². The smallest absolute Gasteiger partial charge is 0.266 e. The molecule has 51 valence electrons. The number of nitrogens with one attached hydrogen (secondary N) is 1. The summed E-state index contributed by atoms with van der Waals surface area (Å²) in [6, 6.07) is 0. The van der Waals surface area contributed by atoms with Crippen LogP contribution in [0.1, 0.15) is 0 Å². The summed E-state index contributed by atoms with van der Waals surface area (Å²) in [5.74, 6) is 0.444. The lowest BCUT2D eigenvalue weighted by molar-refractivity contribution is -0.109. The van der Waals surface area contributed by atoms with Gasteiger partial charge in [-0.15, -0.1) is 10.9 Å². The van der Waals surface area contributed by atoms with E-state index in [1.54, 1.807) is 0 Å². The molecule has 1 atom stereocenters. The third-order valence-electron chi connectivity index (χ3n) is 1.16. The Hall–Kier alpha value is -0.510. The van der Waals surface area contributed by atoms with Gasteiger partial charge in [0.25, 0.3) is 5.24 Å². The molecule has 1 unspecified atom stereocenters. The molecule has 1 N–H and O–H groups in total. The van der Waals surface area contributed by atoms with Crippen molar-refractivity contribution in [3.8, 4) is 0 Å². The van der Waals surface area contributed by atoms with Crippen LogP contribution < -0.4 is 5.32 Å². The van der Waals surface area contributed by atoms with Crippen LogP contribution in [-0.4, -0.2) is 22.7 Å². The van der Waals surface area contributed by atoms with Crippen molar-refractivity contribution >= 4 is 21.2 Å². The Labute approximate surface area is 56.2 Å². The van der Waals surface area contributed by atoms with Gasteiger partial charge in [0.2, 0.25) is 0 Å². The maximum atomic E-state index is 10.7. The van der Waals surface area contributed by atoms with E-state index in [0.717, 1.165) is 0 Å². The van der Waals surface area contributed by atoms with Crippen LogP contribution in [0.2, 0.25) is 0 Å². The van der Waals surface area contributed by atoms with E-state index in [-0.39, 0.29) is 16.9 Å². The van der Waals surface area contributed by atoms with Crippen molar-refractivity contribution in [2.24, 2.45) is 0 Å². The number of hydrogen-bond acceptors (Lipinski definition) is 2. The molecule has 0 spiro atoms. The van der Waals surface area contributed by atoms with Crippen LogP contribution in [0.3, 0.4) is 0 Å². The van der Waals surface area contributed by atoms with Crippen LogP contribution in [0.15, 0.2) is 0 Å². The van der Waals surface area contributed by atoms with Gasteiger partial charge in [-0.3, -0.25) is 9.59 Å². The third kappa shape index (κ3) is 1.08. The normalized spacial score (nSPS) is 30.6. The van der Waals surface area contributed by atoms with E-state index >= 15 is 0 Å². The van der Waals surface area contributed by atoms with Crippen molar-refractivity contribution < 1.29 is 9.59 Å². The Bertz CT molecular complexity index is 141. The van der Waals surface area contributed by atoms with E-state index in [4.69, 9.17) is 0 Å². The van der Waals surface area contributed by atoms with E-state index in [1.165, 1.54) is 0 Å². The number of rotatable bonds is 1. The third-order valence-corrected chi connectivity index (χ3v) is 3.02. The molecule has 0 aromatic carbocycles. The summed E-state index contributed by atoms with van der Waals surface area (Å²) >= 11 is 0. The van der Waals surface area contributed by atoms with E-state index < -0.39 is 10.9 Å². The van der Waals surface area contributed by atoms with Crippen molar-refractivity contribution in [3.05, 3.63) is 6.92 Å². The fourth-order valence-electron chi connectivity index (χ4n) is 0.682. The summed E-state index contributed by atoms with van der Waals surface area (Å²) in [7, 11) is -1.07. The summed E-state index contributed by atoms with van der Waals surface area (Å²) < 4.78 is 0. The minimum atomic E-state index is -1.07. The Morgan fingerprint density at radius 2 is 2.33 bits per heavy atom. The minimum Gasteiger partial charge on any atom is -0.340 e. The van der Waals surface area contributed by atoms with Crippen molar-refractivity contribution in [2.45, 2.75) is 0 Å².